The van der Waals surface area contributed by atoms with Crippen molar-refractivity contribution < 1.29 is 6.53 Å². The van der Waals surface area contributed by atoms with Crippen LogP contribution in [0.2, 0.25) is 0 Å². The average Bonchev–Trinajstić information content (AvgIpc) is 1.69. The van der Waals surface area contributed by atoms with Crippen LogP contribution < -0.4 is 5.32 Å². The normalized spacial score (nSPS) is 25.3. The van der Waals surface area contributed by atoms with Crippen LogP contribution >= 0.6 is 0 Å². The summed E-state index contributed by atoms with van der Waals surface area (Å²) in [5.41, 5.74) is 0. The zero-order valence-corrected chi connectivity index (χ0v) is 4.35. The number of rotatable bonds is 0. The van der Waals surface area contributed by atoms with E-state index in [9.17, 15) is 0 Å². The molecule has 0 aromatic rings. The highest BCUT2D eigenvalue weighted by atomic mass is 16.3. The summed E-state index contributed by atoms with van der Waals surface area (Å²) >= 11 is 0. The Bertz CT molecular complexity index is 54.4. The standard InChI is InChI=1S/C5H11NO.H2/c7-5-1-3-6-4-2-5;/h5-7H,1-4H2;1H. The van der Waals surface area contributed by atoms with E-state index in [2.05, 4.69) is 5.32 Å². The van der Waals surface area contributed by atoms with Crippen molar-refractivity contribution in [2.75, 3.05) is 13.1 Å². The van der Waals surface area contributed by atoms with Crippen molar-refractivity contribution in [3.05, 3.63) is 0 Å². The number of hydrogen-bond donors (Lipinski definition) is 2. The fourth-order valence-corrected chi connectivity index (χ4v) is 0.807. The average molecular weight is 103 g/mol. The van der Waals surface area contributed by atoms with Gasteiger partial charge in [0.1, 0.15) is 0 Å². The van der Waals surface area contributed by atoms with Crippen molar-refractivity contribution in [3.63, 3.8) is 0 Å². The van der Waals surface area contributed by atoms with Gasteiger partial charge in [-0.2, -0.15) is 0 Å². The zero-order chi connectivity index (χ0) is 5.11. The Kier molecular flexibility index (Phi) is 1.65. The second-order valence-electron chi connectivity index (χ2n) is 1.98. The lowest BCUT2D eigenvalue weighted by Crippen LogP contribution is -2.30. The van der Waals surface area contributed by atoms with E-state index in [1.807, 2.05) is 0 Å². The Morgan fingerprint density at radius 1 is 1.43 bits per heavy atom. The third kappa shape index (κ3) is 1.45. The van der Waals surface area contributed by atoms with Crippen molar-refractivity contribution >= 4 is 0 Å². The van der Waals surface area contributed by atoms with Crippen molar-refractivity contribution in [1.29, 1.82) is 0 Å². The van der Waals surface area contributed by atoms with E-state index in [1.165, 1.54) is 0 Å². The molecular formula is C5H13NO. The zero-order valence-electron chi connectivity index (χ0n) is 4.35. The third-order valence-corrected chi connectivity index (χ3v) is 1.31. The predicted octanol–water partition coefficient (Wildman–Crippen LogP) is -0.0233. The number of piperidine rings is 1. The van der Waals surface area contributed by atoms with E-state index in [0.717, 1.165) is 25.9 Å². The van der Waals surface area contributed by atoms with Gasteiger partial charge in [-0.1, -0.05) is 0 Å². The van der Waals surface area contributed by atoms with Crippen LogP contribution in [-0.4, -0.2) is 24.3 Å². The molecular weight excluding hydrogens is 90.1 g/mol. The predicted molar refractivity (Wildman–Crippen MR) is 30.2 cm³/mol. The van der Waals surface area contributed by atoms with Gasteiger partial charge in [0.25, 0.3) is 0 Å². The first-order valence-electron chi connectivity index (χ1n) is 2.78. The molecule has 7 heavy (non-hydrogen) atoms. The van der Waals surface area contributed by atoms with Gasteiger partial charge in [-0.15, -0.1) is 0 Å². The summed E-state index contributed by atoms with van der Waals surface area (Å²) in [6, 6.07) is 0. The molecule has 0 bridgehead atoms. The molecule has 0 radical (unpaired) electrons. The molecule has 1 aliphatic rings. The smallest absolute Gasteiger partial charge is 0.0564 e. The van der Waals surface area contributed by atoms with Gasteiger partial charge in [-0.05, 0) is 25.9 Å². The van der Waals surface area contributed by atoms with Gasteiger partial charge in [0.2, 0.25) is 0 Å². The molecule has 0 atom stereocenters. The maximum absolute atomic E-state index is 8.87. The van der Waals surface area contributed by atoms with E-state index in [-0.39, 0.29) is 7.53 Å². The molecule has 0 spiro atoms. The van der Waals surface area contributed by atoms with Gasteiger partial charge in [-0.3, -0.25) is 0 Å². The molecule has 1 fully saturated rings. The summed E-state index contributed by atoms with van der Waals surface area (Å²) in [5, 5.41) is 12.0. The van der Waals surface area contributed by atoms with Crippen LogP contribution in [0.4, 0.5) is 0 Å². The van der Waals surface area contributed by atoms with Crippen LogP contribution in [0.5, 0.6) is 0 Å². The van der Waals surface area contributed by atoms with Gasteiger partial charge in [0.15, 0.2) is 0 Å². The first-order valence-corrected chi connectivity index (χ1v) is 2.78. The Morgan fingerprint density at radius 2 is 2.00 bits per heavy atom. The van der Waals surface area contributed by atoms with Crippen LogP contribution in [0, 0.1) is 0 Å². The van der Waals surface area contributed by atoms with E-state index >= 15 is 0 Å². The van der Waals surface area contributed by atoms with Crippen molar-refractivity contribution in [1.82, 2.24) is 5.32 Å². The van der Waals surface area contributed by atoms with Crippen LogP contribution in [-0.2, 0) is 0 Å². The molecule has 0 amide bonds. The number of nitrogens with one attached hydrogen (secondary N) is 1. The lowest BCUT2D eigenvalue weighted by atomic mass is 10.1. The molecule has 1 heterocycles. The minimum atomic E-state index is -0.0266. The SMILES string of the molecule is OC1CCNCC1.[HH]. The quantitative estimate of drug-likeness (QED) is 0.451. The van der Waals surface area contributed by atoms with Crippen molar-refractivity contribution in [2.24, 2.45) is 0 Å². The third-order valence-electron chi connectivity index (χ3n) is 1.31. The maximum Gasteiger partial charge on any atom is 0.0564 e. The van der Waals surface area contributed by atoms with Gasteiger partial charge in [0.05, 0.1) is 6.10 Å². The number of aliphatic hydroxyl groups excluding tert-OH is 1. The van der Waals surface area contributed by atoms with Crippen LogP contribution in [0.15, 0.2) is 0 Å². The van der Waals surface area contributed by atoms with E-state index < -0.39 is 0 Å². The minimum Gasteiger partial charge on any atom is -0.393 e. The van der Waals surface area contributed by atoms with Gasteiger partial charge < -0.3 is 10.4 Å². The fraction of sp³-hybridized carbons (Fsp3) is 1.00. The largest absolute Gasteiger partial charge is 0.393 e. The summed E-state index contributed by atoms with van der Waals surface area (Å²) in [7, 11) is 0. The molecule has 1 rings (SSSR count). The monoisotopic (exact) mass is 103 g/mol. The Balaban J connectivity index is 0.000000490. The minimum absolute atomic E-state index is 0. The van der Waals surface area contributed by atoms with Crippen LogP contribution in [0.1, 0.15) is 14.3 Å². The molecule has 0 saturated carbocycles. The summed E-state index contributed by atoms with van der Waals surface area (Å²) in [5.74, 6) is 0. The molecule has 1 saturated heterocycles. The molecule has 0 aromatic carbocycles. The fourth-order valence-electron chi connectivity index (χ4n) is 0.807. The topological polar surface area (TPSA) is 32.3 Å². The highest BCUT2D eigenvalue weighted by Crippen LogP contribution is 1.99. The lowest BCUT2D eigenvalue weighted by molar-refractivity contribution is 0.137. The second kappa shape index (κ2) is 2.28. The summed E-state index contributed by atoms with van der Waals surface area (Å²) in [4.78, 5) is 0. The second-order valence-corrected chi connectivity index (χ2v) is 1.98. The van der Waals surface area contributed by atoms with Gasteiger partial charge in [0, 0.05) is 1.43 Å². The van der Waals surface area contributed by atoms with E-state index in [4.69, 9.17) is 5.11 Å². The highest BCUT2D eigenvalue weighted by Gasteiger charge is 2.06. The molecule has 2 nitrogen and oxygen atoms in total. The number of hydrogen-bond acceptors (Lipinski definition) is 2. The highest BCUT2D eigenvalue weighted by molar-refractivity contribution is 4.65. The summed E-state index contributed by atoms with van der Waals surface area (Å²) in [6.45, 7) is 1.97. The van der Waals surface area contributed by atoms with E-state index in [1.54, 1.807) is 0 Å². The van der Waals surface area contributed by atoms with Gasteiger partial charge >= 0.3 is 0 Å². The summed E-state index contributed by atoms with van der Waals surface area (Å²) in [6.07, 6.45) is 1.83. The molecule has 44 valence electrons. The lowest BCUT2D eigenvalue weighted by Gasteiger charge is -2.16. The molecule has 0 unspecified atom stereocenters. The molecule has 1 aliphatic heterocycles. The van der Waals surface area contributed by atoms with Crippen LogP contribution in [0.25, 0.3) is 0 Å². The molecule has 2 heteroatoms. The Morgan fingerprint density at radius 3 is 2.29 bits per heavy atom. The number of aliphatic hydroxyl groups is 1. The Hall–Kier alpha value is -0.0800. The molecule has 0 aliphatic carbocycles. The van der Waals surface area contributed by atoms with E-state index in [0.29, 0.717) is 0 Å². The van der Waals surface area contributed by atoms with Crippen LogP contribution in [0.3, 0.4) is 0 Å². The first-order chi connectivity index (χ1) is 3.39. The first kappa shape index (κ1) is 5.06. The van der Waals surface area contributed by atoms with Crippen molar-refractivity contribution in [2.45, 2.75) is 18.9 Å². The Labute approximate surface area is 45.0 Å². The van der Waals surface area contributed by atoms with Gasteiger partial charge in [-0.25, -0.2) is 0 Å². The molecule has 0 aromatic heterocycles. The van der Waals surface area contributed by atoms with Crippen molar-refractivity contribution in [3.8, 4) is 0 Å². The maximum atomic E-state index is 8.87. The molecule has 2 N–H and O–H groups in total. The summed E-state index contributed by atoms with van der Waals surface area (Å²) < 4.78 is 0.